The number of aryl methyl sites for hydroxylation is 2. The Morgan fingerprint density at radius 3 is 0.786 bits per heavy atom. The molecular formula is C54H94O2. The molecule has 0 saturated heterocycles. The summed E-state index contributed by atoms with van der Waals surface area (Å²) in [6.07, 6.45) is 51.5. The van der Waals surface area contributed by atoms with Gasteiger partial charge in [-0.3, -0.25) is 0 Å². The number of hydrogen-bond acceptors (Lipinski definition) is 2. The maximum absolute atomic E-state index is 6.46. The first-order valence-electron chi connectivity index (χ1n) is 25.2. The van der Waals surface area contributed by atoms with Gasteiger partial charge in [-0.05, 0) is 62.5 Å². The molecule has 2 atom stereocenters. The van der Waals surface area contributed by atoms with Crippen LogP contribution in [0.1, 0.15) is 256 Å². The van der Waals surface area contributed by atoms with Crippen LogP contribution in [0, 0.1) is 0 Å². The van der Waals surface area contributed by atoms with Crippen LogP contribution in [-0.2, 0) is 22.6 Å². The van der Waals surface area contributed by atoms with Gasteiger partial charge in [0.1, 0.15) is 0 Å². The highest BCUT2D eigenvalue weighted by Crippen LogP contribution is 2.22. The van der Waals surface area contributed by atoms with Gasteiger partial charge in [-0.15, -0.1) is 0 Å². The van der Waals surface area contributed by atoms with Crippen molar-refractivity contribution in [1.82, 2.24) is 0 Å². The second-order valence-electron chi connectivity index (χ2n) is 17.7. The molecule has 0 aliphatic heterocycles. The normalized spacial score (nSPS) is 12.7. The van der Waals surface area contributed by atoms with Crippen molar-refractivity contribution in [3.05, 3.63) is 71.8 Å². The van der Waals surface area contributed by atoms with E-state index in [4.69, 9.17) is 9.78 Å². The molecule has 2 unspecified atom stereocenters. The summed E-state index contributed by atoms with van der Waals surface area (Å²) in [7, 11) is 0. The molecule has 0 spiro atoms. The molecule has 0 amide bonds. The molecule has 2 heteroatoms. The lowest BCUT2D eigenvalue weighted by molar-refractivity contribution is -0.355. The number of unbranched alkanes of at least 4 members (excludes halogenated alkanes) is 28. The largest absolute Gasteiger partial charge is 0.233 e. The molecule has 2 aromatic carbocycles. The van der Waals surface area contributed by atoms with E-state index in [1.807, 2.05) is 0 Å². The van der Waals surface area contributed by atoms with Crippen LogP contribution in [0.4, 0.5) is 0 Å². The SMILES string of the molecule is CCCCCCCCCCC(CCCCCCCCCCc1ccccc1)OOC(CCCCCCCCCC)CCCCCCCCCCc1ccccc1. The maximum atomic E-state index is 6.46. The van der Waals surface area contributed by atoms with Crippen molar-refractivity contribution in [2.75, 3.05) is 0 Å². The Bertz CT molecular complexity index is 938. The predicted octanol–water partition coefficient (Wildman–Crippen LogP) is 18.2. The quantitative estimate of drug-likeness (QED) is 0.0379. The van der Waals surface area contributed by atoms with Gasteiger partial charge in [-0.2, -0.15) is 0 Å². The number of benzene rings is 2. The Hall–Kier alpha value is -1.64. The van der Waals surface area contributed by atoms with E-state index in [9.17, 15) is 0 Å². The van der Waals surface area contributed by atoms with E-state index in [-0.39, 0.29) is 12.2 Å². The van der Waals surface area contributed by atoms with E-state index >= 15 is 0 Å². The van der Waals surface area contributed by atoms with Gasteiger partial charge in [-0.25, -0.2) is 9.78 Å². The van der Waals surface area contributed by atoms with E-state index in [1.165, 1.54) is 255 Å². The van der Waals surface area contributed by atoms with Crippen molar-refractivity contribution in [2.45, 2.75) is 270 Å². The van der Waals surface area contributed by atoms with Crippen molar-refractivity contribution in [3.8, 4) is 0 Å². The molecular weight excluding hydrogens is 681 g/mol. The smallest absolute Gasteiger partial charge is 0.0930 e. The summed E-state index contributed by atoms with van der Waals surface area (Å²) in [5, 5.41) is 0. The van der Waals surface area contributed by atoms with Crippen LogP contribution < -0.4 is 0 Å². The van der Waals surface area contributed by atoms with Gasteiger partial charge in [0, 0.05) is 0 Å². The van der Waals surface area contributed by atoms with Crippen molar-refractivity contribution >= 4 is 0 Å². The van der Waals surface area contributed by atoms with E-state index in [2.05, 4.69) is 74.5 Å². The third kappa shape index (κ3) is 32.3. The first-order valence-corrected chi connectivity index (χ1v) is 25.2. The zero-order valence-electron chi connectivity index (χ0n) is 37.6. The first-order chi connectivity index (χ1) is 27.8. The molecule has 0 aliphatic carbocycles. The zero-order chi connectivity index (χ0) is 39.7. The topological polar surface area (TPSA) is 18.5 Å². The molecule has 0 heterocycles. The van der Waals surface area contributed by atoms with Crippen LogP contribution in [0.5, 0.6) is 0 Å². The van der Waals surface area contributed by atoms with Gasteiger partial charge in [0.2, 0.25) is 0 Å². The van der Waals surface area contributed by atoms with Gasteiger partial charge >= 0.3 is 0 Å². The summed E-state index contributed by atoms with van der Waals surface area (Å²) < 4.78 is 0. The second kappa shape index (κ2) is 40.2. The Labute approximate surface area is 350 Å². The molecule has 2 rings (SSSR count). The highest BCUT2D eigenvalue weighted by atomic mass is 17.2. The monoisotopic (exact) mass is 775 g/mol. The average Bonchev–Trinajstić information content (AvgIpc) is 3.23. The molecule has 322 valence electrons. The van der Waals surface area contributed by atoms with Gasteiger partial charge in [0.05, 0.1) is 12.2 Å². The summed E-state index contributed by atoms with van der Waals surface area (Å²) in [6.45, 7) is 4.63. The second-order valence-corrected chi connectivity index (χ2v) is 17.7. The third-order valence-electron chi connectivity index (χ3n) is 12.3. The minimum Gasteiger partial charge on any atom is -0.233 e. The molecule has 0 fully saturated rings. The van der Waals surface area contributed by atoms with Crippen LogP contribution in [0.25, 0.3) is 0 Å². The van der Waals surface area contributed by atoms with Gasteiger partial charge < -0.3 is 0 Å². The molecule has 0 N–H and O–H groups in total. The van der Waals surface area contributed by atoms with E-state index < -0.39 is 0 Å². The maximum Gasteiger partial charge on any atom is 0.0930 e. The van der Waals surface area contributed by atoms with Crippen molar-refractivity contribution in [2.24, 2.45) is 0 Å². The molecule has 2 nitrogen and oxygen atoms in total. The number of hydrogen-bond donors (Lipinski definition) is 0. The zero-order valence-corrected chi connectivity index (χ0v) is 37.6. The number of rotatable bonds is 43. The van der Waals surface area contributed by atoms with Gasteiger partial charge in [0.15, 0.2) is 0 Å². The molecule has 0 aliphatic rings. The fourth-order valence-electron chi connectivity index (χ4n) is 8.46. The lowest BCUT2D eigenvalue weighted by atomic mass is 10.0. The van der Waals surface area contributed by atoms with Crippen molar-refractivity contribution in [1.29, 1.82) is 0 Å². The van der Waals surface area contributed by atoms with Gasteiger partial charge in [0.25, 0.3) is 0 Å². The fourth-order valence-corrected chi connectivity index (χ4v) is 8.46. The lowest BCUT2D eigenvalue weighted by Gasteiger charge is -2.22. The summed E-state index contributed by atoms with van der Waals surface area (Å²) in [6, 6.07) is 22.0. The van der Waals surface area contributed by atoms with Crippen LogP contribution in [0.15, 0.2) is 60.7 Å². The van der Waals surface area contributed by atoms with Crippen LogP contribution >= 0.6 is 0 Å². The molecule has 0 bridgehead atoms. The van der Waals surface area contributed by atoms with Gasteiger partial charge in [-0.1, -0.05) is 267 Å². The molecule has 0 saturated carbocycles. The van der Waals surface area contributed by atoms with E-state index in [1.54, 1.807) is 0 Å². The summed E-state index contributed by atoms with van der Waals surface area (Å²) >= 11 is 0. The molecule has 2 aromatic rings. The van der Waals surface area contributed by atoms with Crippen molar-refractivity contribution < 1.29 is 9.78 Å². The highest BCUT2D eigenvalue weighted by Gasteiger charge is 2.16. The molecule has 0 aromatic heterocycles. The summed E-state index contributed by atoms with van der Waals surface area (Å²) in [4.78, 5) is 12.9. The third-order valence-corrected chi connectivity index (χ3v) is 12.3. The fraction of sp³-hybridized carbons (Fsp3) is 0.778. The predicted molar refractivity (Wildman–Crippen MR) is 248 cm³/mol. The van der Waals surface area contributed by atoms with Crippen LogP contribution in [0.2, 0.25) is 0 Å². The molecule has 56 heavy (non-hydrogen) atoms. The average molecular weight is 775 g/mol. The Morgan fingerprint density at radius 1 is 0.286 bits per heavy atom. The minimum absolute atomic E-state index is 0.274. The lowest BCUT2D eigenvalue weighted by Crippen LogP contribution is -2.20. The highest BCUT2D eigenvalue weighted by molar-refractivity contribution is 5.15. The standard InChI is InChI=1S/C54H94O2/c1-3-5-7-9-11-19-25-37-47-53(49-39-27-21-15-13-17-23-31-41-51-43-33-29-34-44-51)55-56-54(48-38-26-20-12-10-8-6-4-2)50-40-28-22-16-14-18-24-32-42-52-45-35-30-36-46-52/h29-30,33-36,43-46,53-54H,3-28,31-32,37-42,47-50H2,1-2H3. The van der Waals surface area contributed by atoms with Crippen LogP contribution in [-0.4, -0.2) is 12.2 Å². The summed E-state index contributed by atoms with van der Waals surface area (Å²) in [5.74, 6) is 0. The van der Waals surface area contributed by atoms with E-state index in [0.717, 1.165) is 0 Å². The van der Waals surface area contributed by atoms with Crippen LogP contribution in [0.3, 0.4) is 0 Å². The minimum atomic E-state index is 0.274. The first kappa shape index (κ1) is 50.5. The van der Waals surface area contributed by atoms with E-state index in [0.29, 0.717) is 0 Å². The van der Waals surface area contributed by atoms with Crippen molar-refractivity contribution in [3.63, 3.8) is 0 Å². The molecule has 0 radical (unpaired) electrons. The Kier molecular flexibility index (Phi) is 36.2. The Balaban J connectivity index is 1.69. The Morgan fingerprint density at radius 2 is 0.518 bits per heavy atom. The summed E-state index contributed by atoms with van der Waals surface area (Å²) in [5.41, 5.74) is 2.98.